The van der Waals surface area contributed by atoms with Crippen LogP contribution in [0.4, 0.5) is 0 Å². The summed E-state index contributed by atoms with van der Waals surface area (Å²) in [5.41, 5.74) is 4.42. The summed E-state index contributed by atoms with van der Waals surface area (Å²) in [7, 11) is 0. The maximum absolute atomic E-state index is 3.40. The molecule has 0 aliphatic heterocycles. The van der Waals surface area contributed by atoms with Crippen molar-refractivity contribution in [1.29, 1.82) is 0 Å². The molecule has 1 aliphatic carbocycles. The zero-order valence-electron chi connectivity index (χ0n) is 10.2. The first-order valence-corrected chi connectivity index (χ1v) is 6.11. The van der Waals surface area contributed by atoms with E-state index in [0.29, 0.717) is 5.92 Å². The first kappa shape index (κ1) is 11.2. The van der Waals surface area contributed by atoms with Crippen LogP contribution in [-0.4, -0.2) is 0 Å². The molecule has 0 amide bonds. The van der Waals surface area contributed by atoms with E-state index in [1.165, 1.54) is 17.6 Å². The van der Waals surface area contributed by atoms with Gasteiger partial charge in [-0.15, -0.1) is 0 Å². The Balaban J connectivity index is 2.18. The number of hydrogen-bond donors (Lipinski definition) is 0. The molecule has 16 heavy (non-hydrogen) atoms. The summed E-state index contributed by atoms with van der Waals surface area (Å²) in [6.07, 6.45) is 8.97. The third-order valence-corrected chi connectivity index (χ3v) is 3.49. The third-order valence-electron chi connectivity index (χ3n) is 3.49. The minimum Gasteiger partial charge on any atom is -0.0663 e. The lowest BCUT2D eigenvalue weighted by atomic mass is 9.84. The van der Waals surface area contributed by atoms with Gasteiger partial charge in [-0.2, -0.15) is 0 Å². The summed E-state index contributed by atoms with van der Waals surface area (Å²) >= 11 is 0. The highest BCUT2D eigenvalue weighted by molar-refractivity contribution is 5.34. The van der Waals surface area contributed by atoms with E-state index < -0.39 is 0 Å². The molecule has 1 aromatic rings. The van der Waals surface area contributed by atoms with Gasteiger partial charge in [0.25, 0.3) is 0 Å². The molecular formula is C16H19. The summed E-state index contributed by atoms with van der Waals surface area (Å²) in [5.74, 6) is 0.712. The highest BCUT2D eigenvalue weighted by atomic mass is 14.2. The van der Waals surface area contributed by atoms with E-state index >= 15 is 0 Å². The molecule has 0 N–H and O–H groups in total. The molecule has 0 heteroatoms. The fourth-order valence-electron chi connectivity index (χ4n) is 2.31. The van der Waals surface area contributed by atoms with Crippen LogP contribution in [0.2, 0.25) is 0 Å². The molecule has 83 valence electrons. The fraction of sp³-hybridized carbons (Fsp3) is 0.375. The van der Waals surface area contributed by atoms with Gasteiger partial charge in [0.2, 0.25) is 0 Å². The molecule has 0 saturated heterocycles. The van der Waals surface area contributed by atoms with Crippen LogP contribution in [0.15, 0.2) is 47.6 Å². The topological polar surface area (TPSA) is 0 Å². The number of allylic oxidation sites excluding steroid dienone is 4. The van der Waals surface area contributed by atoms with Crippen molar-refractivity contribution in [3.63, 3.8) is 0 Å². The van der Waals surface area contributed by atoms with Gasteiger partial charge in [0, 0.05) is 0 Å². The summed E-state index contributed by atoms with van der Waals surface area (Å²) in [6, 6.07) is 10.7. The molecule has 1 aromatic carbocycles. The standard InChI is InChI=1S/C16H19/c1-3-15-10-7-11-16(13(15)2)12-14-8-5-4-6-9-14/h4-6,8-9,11,15H,3,10,12H2,1-2H3. The van der Waals surface area contributed by atoms with Gasteiger partial charge in [-0.1, -0.05) is 48.9 Å². The Morgan fingerprint density at radius 1 is 1.25 bits per heavy atom. The zero-order valence-corrected chi connectivity index (χ0v) is 10.2. The molecule has 0 aromatic heterocycles. The molecular weight excluding hydrogens is 192 g/mol. The molecule has 0 heterocycles. The van der Waals surface area contributed by atoms with Crippen molar-refractivity contribution in [3.8, 4) is 0 Å². The van der Waals surface area contributed by atoms with Gasteiger partial charge in [-0.05, 0) is 49.3 Å². The van der Waals surface area contributed by atoms with Gasteiger partial charge < -0.3 is 0 Å². The highest BCUT2D eigenvalue weighted by Gasteiger charge is 2.14. The molecule has 1 atom stereocenters. The SMILES string of the molecule is CCC1C[C]=CC(Cc2ccccc2)=C1C. The zero-order chi connectivity index (χ0) is 11.4. The van der Waals surface area contributed by atoms with Crippen molar-refractivity contribution >= 4 is 0 Å². The lowest BCUT2D eigenvalue weighted by Gasteiger charge is -2.21. The van der Waals surface area contributed by atoms with Crippen molar-refractivity contribution in [2.24, 2.45) is 5.92 Å². The Bertz CT molecular complexity index is 395. The van der Waals surface area contributed by atoms with Gasteiger partial charge in [0.15, 0.2) is 0 Å². The predicted molar refractivity (Wildman–Crippen MR) is 69.1 cm³/mol. The maximum atomic E-state index is 3.40. The summed E-state index contributed by atoms with van der Waals surface area (Å²) < 4.78 is 0. The van der Waals surface area contributed by atoms with Crippen LogP contribution < -0.4 is 0 Å². The lowest BCUT2D eigenvalue weighted by molar-refractivity contribution is 0.578. The second-order valence-corrected chi connectivity index (χ2v) is 4.53. The first-order valence-electron chi connectivity index (χ1n) is 6.11. The second kappa shape index (κ2) is 5.16. The van der Waals surface area contributed by atoms with Gasteiger partial charge in [0.05, 0.1) is 0 Å². The number of benzene rings is 1. The van der Waals surface area contributed by atoms with Crippen LogP contribution in [0.1, 0.15) is 32.3 Å². The van der Waals surface area contributed by atoms with E-state index in [0.717, 1.165) is 12.8 Å². The molecule has 1 aliphatic rings. The van der Waals surface area contributed by atoms with Crippen molar-refractivity contribution in [1.82, 2.24) is 0 Å². The normalized spacial score (nSPS) is 20.2. The number of rotatable bonds is 3. The van der Waals surface area contributed by atoms with Crippen molar-refractivity contribution in [2.45, 2.75) is 33.1 Å². The molecule has 0 nitrogen and oxygen atoms in total. The van der Waals surface area contributed by atoms with Gasteiger partial charge in [-0.25, -0.2) is 0 Å². The molecule has 0 fully saturated rings. The summed E-state index contributed by atoms with van der Waals surface area (Å²) in [4.78, 5) is 0. The average molecular weight is 211 g/mol. The van der Waals surface area contributed by atoms with Crippen molar-refractivity contribution in [2.75, 3.05) is 0 Å². The van der Waals surface area contributed by atoms with E-state index in [9.17, 15) is 0 Å². The van der Waals surface area contributed by atoms with Crippen LogP contribution in [0.5, 0.6) is 0 Å². The third kappa shape index (κ3) is 2.44. The van der Waals surface area contributed by atoms with Gasteiger partial charge >= 0.3 is 0 Å². The van der Waals surface area contributed by atoms with E-state index in [2.05, 4.69) is 56.3 Å². The monoisotopic (exact) mass is 211 g/mol. The summed E-state index contributed by atoms with van der Waals surface area (Å²) in [6.45, 7) is 4.55. The highest BCUT2D eigenvalue weighted by Crippen LogP contribution is 2.28. The summed E-state index contributed by atoms with van der Waals surface area (Å²) in [5, 5.41) is 0. The maximum Gasteiger partial charge on any atom is -0.00261 e. The molecule has 2 rings (SSSR count). The smallest absolute Gasteiger partial charge is 0.00261 e. The predicted octanol–water partition coefficient (Wildman–Crippen LogP) is 4.33. The second-order valence-electron chi connectivity index (χ2n) is 4.53. The first-order chi connectivity index (χ1) is 7.81. The Morgan fingerprint density at radius 3 is 2.69 bits per heavy atom. The molecule has 0 saturated carbocycles. The average Bonchev–Trinajstić information content (AvgIpc) is 2.33. The Hall–Kier alpha value is -1.30. The largest absolute Gasteiger partial charge is 0.0663 e. The quantitative estimate of drug-likeness (QED) is 0.698. The molecule has 0 bridgehead atoms. The van der Waals surface area contributed by atoms with Crippen LogP contribution in [-0.2, 0) is 6.42 Å². The molecule has 0 spiro atoms. The van der Waals surface area contributed by atoms with Crippen LogP contribution in [0, 0.1) is 12.0 Å². The number of hydrogen-bond acceptors (Lipinski definition) is 0. The van der Waals surface area contributed by atoms with Crippen molar-refractivity contribution in [3.05, 3.63) is 59.2 Å². The van der Waals surface area contributed by atoms with Crippen LogP contribution in [0.25, 0.3) is 0 Å². The van der Waals surface area contributed by atoms with Gasteiger partial charge in [-0.3, -0.25) is 0 Å². The van der Waals surface area contributed by atoms with E-state index in [4.69, 9.17) is 0 Å². The van der Waals surface area contributed by atoms with Gasteiger partial charge in [0.1, 0.15) is 0 Å². The van der Waals surface area contributed by atoms with E-state index in [1.807, 2.05) is 0 Å². The Kier molecular flexibility index (Phi) is 3.61. The molecule has 1 unspecified atom stereocenters. The fourth-order valence-corrected chi connectivity index (χ4v) is 2.31. The van der Waals surface area contributed by atoms with Crippen molar-refractivity contribution < 1.29 is 0 Å². The van der Waals surface area contributed by atoms with Crippen LogP contribution >= 0.6 is 0 Å². The minimum atomic E-state index is 0.712. The van der Waals surface area contributed by atoms with Crippen LogP contribution in [0.3, 0.4) is 0 Å². The van der Waals surface area contributed by atoms with E-state index in [1.54, 1.807) is 5.57 Å². The Morgan fingerprint density at radius 2 is 2.00 bits per heavy atom. The van der Waals surface area contributed by atoms with E-state index in [-0.39, 0.29) is 0 Å². The Labute approximate surface area is 98.7 Å². The minimum absolute atomic E-state index is 0.712. The molecule has 1 radical (unpaired) electrons. The lowest BCUT2D eigenvalue weighted by Crippen LogP contribution is -2.07.